The Morgan fingerprint density at radius 3 is 2.14 bits per heavy atom. The van der Waals surface area contributed by atoms with Crippen molar-refractivity contribution in [3.63, 3.8) is 0 Å². The van der Waals surface area contributed by atoms with Gasteiger partial charge in [-0.05, 0) is 18.9 Å². The normalized spacial score (nSPS) is 25.6. The highest BCUT2D eigenvalue weighted by Gasteiger charge is 2.46. The molecule has 17 nitrogen and oxygen atoms in total. The molecule has 1 aliphatic carbocycles. The van der Waals surface area contributed by atoms with E-state index < -0.39 is 139 Å². The number of hydrogen-bond acceptors (Lipinski definition) is 17. The first-order valence-electron chi connectivity index (χ1n) is 14.8. The van der Waals surface area contributed by atoms with Gasteiger partial charge >= 0.3 is 0 Å². The summed E-state index contributed by atoms with van der Waals surface area (Å²) in [6.45, 7) is -0.752. The summed E-state index contributed by atoms with van der Waals surface area (Å²) in [4.78, 5) is 27.6. The quantitative estimate of drug-likeness (QED) is 0.0914. The maximum Gasteiger partial charge on any atom is 0.208 e. The van der Waals surface area contributed by atoms with Gasteiger partial charge in [-0.3, -0.25) is 9.59 Å². The average molecular weight is 685 g/mol. The van der Waals surface area contributed by atoms with Crippen LogP contribution in [0.25, 0.3) is 44.0 Å². The summed E-state index contributed by atoms with van der Waals surface area (Å²) in [5.41, 5.74) is -4.89. The molecule has 0 amide bonds. The summed E-state index contributed by atoms with van der Waals surface area (Å²) in [5.74, 6) is -4.89. The molecule has 7 rings (SSSR count). The Kier molecular flexibility index (Phi) is 7.60. The Hall–Kier alpha value is -5.14. The molecule has 258 valence electrons. The van der Waals surface area contributed by atoms with Gasteiger partial charge in [0.1, 0.15) is 86.8 Å². The van der Waals surface area contributed by atoms with Crippen molar-refractivity contribution in [2.45, 2.75) is 55.8 Å². The molecule has 7 atom stereocenters. The summed E-state index contributed by atoms with van der Waals surface area (Å²) in [6.07, 6.45) is -11.3. The molecular formula is C32H28O17. The minimum Gasteiger partial charge on any atom is -0.508 e. The number of ether oxygens (including phenoxy) is 2. The Balaban J connectivity index is 1.44. The van der Waals surface area contributed by atoms with Crippen LogP contribution in [0.3, 0.4) is 0 Å². The van der Waals surface area contributed by atoms with Gasteiger partial charge in [0, 0.05) is 23.8 Å². The van der Waals surface area contributed by atoms with Crippen molar-refractivity contribution in [3.8, 4) is 45.6 Å². The first-order valence-corrected chi connectivity index (χ1v) is 14.8. The Labute approximate surface area is 271 Å². The molecule has 0 spiro atoms. The number of aromatic hydroxyl groups is 6. The first kappa shape index (κ1) is 32.4. The maximum atomic E-state index is 14.1. The van der Waals surface area contributed by atoms with Gasteiger partial charge in [-0.1, -0.05) is 0 Å². The summed E-state index contributed by atoms with van der Waals surface area (Å²) < 4.78 is 22.7. The van der Waals surface area contributed by atoms with Crippen LogP contribution in [0.2, 0.25) is 0 Å². The van der Waals surface area contributed by atoms with Crippen molar-refractivity contribution in [2.24, 2.45) is 0 Å². The largest absolute Gasteiger partial charge is 0.508 e. The summed E-state index contributed by atoms with van der Waals surface area (Å²) in [7, 11) is 0. The molecule has 0 saturated carbocycles. The molecular weight excluding hydrogens is 656 g/mol. The number of hydrogen-bond donors (Lipinski definition) is 11. The zero-order chi connectivity index (χ0) is 35.2. The van der Waals surface area contributed by atoms with Gasteiger partial charge in [-0.25, -0.2) is 0 Å². The predicted molar refractivity (Wildman–Crippen MR) is 163 cm³/mol. The van der Waals surface area contributed by atoms with Crippen LogP contribution in [-0.4, -0.2) is 93.5 Å². The summed E-state index contributed by atoms with van der Waals surface area (Å²) in [6, 6.07) is 3.44. The van der Waals surface area contributed by atoms with E-state index in [0.717, 1.165) is 24.3 Å². The average Bonchev–Trinajstić information content (AvgIpc) is 3.04. The first-order chi connectivity index (χ1) is 23.2. The number of phenols is 6. The maximum absolute atomic E-state index is 14.1. The van der Waals surface area contributed by atoms with E-state index in [1.807, 2.05) is 0 Å². The number of phenolic OH excluding ortho intramolecular Hbond substituents is 6. The monoisotopic (exact) mass is 684 g/mol. The van der Waals surface area contributed by atoms with Crippen molar-refractivity contribution >= 4 is 32.9 Å². The second-order valence-electron chi connectivity index (χ2n) is 11.9. The van der Waals surface area contributed by atoms with Crippen LogP contribution in [-0.2, 0) is 9.47 Å². The van der Waals surface area contributed by atoms with E-state index in [-0.39, 0.29) is 24.0 Å². The number of rotatable bonds is 4. The van der Waals surface area contributed by atoms with Crippen LogP contribution in [0, 0.1) is 0 Å². The Morgan fingerprint density at radius 1 is 0.714 bits per heavy atom. The molecule has 49 heavy (non-hydrogen) atoms. The van der Waals surface area contributed by atoms with Gasteiger partial charge in [-0.15, -0.1) is 0 Å². The Bertz CT molecular complexity index is 2290. The van der Waals surface area contributed by atoms with Crippen molar-refractivity contribution in [1.29, 1.82) is 0 Å². The third-order valence-corrected chi connectivity index (χ3v) is 8.90. The molecule has 3 aromatic carbocycles. The number of benzene rings is 3. The summed E-state index contributed by atoms with van der Waals surface area (Å²) in [5, 5.41) is 114. The van der Waals surface area contributed by atoms with Crippen molar-refractivity contribution in [3.05, 3.63) is 56.0 Å². The fourth-order valence-corrected chi connectivity index (χ4v) is 6.52. The second kappa shape index (κ2) is 11.5. The predicted octanol–water partition coefficient (Wildman–Crippen LogP) is 0.638. The molecule has 1 saturated heterocycles. The number of aliphatic hydroxyl groups excluding tert-OH is 5. The fourth-order valence-electron chi connectivity index (χ4n) is 6.52. The molecule has 0 radical (unpaired) electrons. The highest BCUT2D eigenvalue weighted by molar-refractivity contribution is 6.07. The van der Waals surface area contributed by atoms with E-state index in [2.05, 4.69) is 0 Å². The molecule has 3 heterocycles. The lowest BCUT2D eigenvalue weighted by Crippen LogP contribution is -2.59. The van der Waals surface area contributed by atoms with Crippen LogP contribution in [0.1, 0.15) is 36.4 Å². The lowest BCUT2D eigenvalue weighted by molar-refractivity contribution is -0.314. The van der Waals surface area contributed by atoms with Crippen molar-refractivity contribution < 1.29 is 74.5 Å². The van der Waals surface area contributed by atoms with Gasteiger partial charge in [0.25, 0.3) is 0 Å². The van der Waals surface area contributed by atoms with Crippen molar-refractivity contribution in [1.82, 2.24) is 0 Å². The van der Waals surface area contributed by atoms with Gasteiger partial charge in [0.05, 0.1) is 23.8 Å². The lowest BCUT2D eigenvalue weighted by Gasteiger charge is -2.41. The number of aliphatic hydroxyl groups is 5. The SMILES string of the molecule is O=c1c2c(oc3c(-c4cc(O)c5oc6cc(O)cc(O)c6c(=O)c5c4O)c(O)cc(O)c13)C(O)CCC2OC1OC(CO)C(O)C(O)C1O. The van der Waals surface area contributed by atoms with Crippen LogP contribution in [0.4, 0.5) is 0 Å². The third-order valence-electron chi connectivity index (χ3n) is 8.90. The standard InChI is InChI=1S/C32H28O17/c33-7-17-24(41)27(44)28(45)32(48-17)47-15-2-1-10(35)29-21(15)26(43)20-13(38)6-12(37)18(31(20)49-29)9-5-14(39)30-22(23(9)40)25(42)19-11(36)3-8(34)4-16(19)46-30/h3-6,10,15,17,24,27-28,32-41,44-45H,1-2,7H2. The van der Waals surface area contributed by atoms with Crippen LogP contribution in [0.15, 0.2) is 42.7 Å². The van der Waals surface area contributed by atoms with E-state index in [1.165, 1.54) is 0 Å². The molecule has 5 aromatic rings. The minimum absolute atomic E-state index is 0.0706. The van der Waals surface area contributed by atoms with E-state index >= 15 is 0 Å². The molecule has 17 heteroatoms. The van der Waals surface area contributed by atoms with Crippen LogP contribution in [0.5, 0.6) is 34.5 Å². The zero-order valence-electron chi connectivity index (χ0n) is 24.8. The molecule has 7 unspecified atom stereocenters. The van der Waals surface area contributed by atoms with E-state index in [9.17, 15) is 65.8 Å². The Morgan fingerprint density at radius 2 is 1.43 bits per heavy atom. The van der Waals surface area contributed by atoms with Gasteiger partial charge in [0.2, 0.25) is 10.9 Å². The highest BCUT2D eigenvalue weighted by Crippen LogP contribution is 2.50. The van der Waals surface area contributed by atoms with E-state index in [4.69, 9.17) is 18.3 Å². The van der Waals surface area contributed by atoms with Gasteiger partial charge < -0.3 is 74.5 Å². The van der Waals surface area contributed by atoms with Crippen LogP contribution >= 0.6 is 0 Å². The van der Waals surface area contributed by atoms with E-state index in [1.54, 1.807) is 0 Å². The van der Waals surface area contributed by atoms with E-state index in [0.29, 0.717) is 0 Å². The smallest absolute Gasteiger partial charge is 0.208 e. The van der Waals surface area contributed by atoms with Crippen LogP contribution < -0.4 is 10.9 Å². The van der Waals surface area contributed by atoms with Gasteiger partial charge in [-0.2, -0.15) is 0 Å². The van der Waals surface area contributed by atoms with Gasteiger partial charge in [0.15, 0.2) is 23.2 Å². The third kappa shape index (κ3) is 4.82. The minimum atomic E-state index is -1.83. The molecule has 1 aliphatic heterocycles. The molecule has 2 aliphatic rings. The summed E-state index contributed by atoms with van der Waals surface area (Å²) >= 11 is 0. The molecule has 2 aromatic heterocycles. The second-order valence-corrected chi connectivity index (χ2v) is 11.9. The highest BCUT2D eigenvalue weighted by atomic mass is 16.7. The topological polar surface area (TPSA) is 301 Å². The lowest BCUT2D eigenvalue weighted by atomic mass is 9.89. The molecule has 0 bridgehead atoms. The van der Waals surface area contributed by atoms with Crippen molar-refractivity contribution in [2.75, 3.05) is 6.61 Å². The zero-order valence-corrected chi connectivity index (χ0v) is 24.8. The molecule has 1 fully saturated rings. The fraction of sp³-hybridized carbons (Fsp3) is 0.312. The molecule has 11 N–H and O–H groups in total. The number of fused-ring (bicyclic) bond motifs is 4.